The van der Waals surface area contributed by atoms with Crippen LogP contribution in [0.25, 0.3) is 0 Å². The summed E-state index contributed by atoms with van der Waals surface area (Å²) in [5, 5.41) is 5.49. The van der Waals surface area contributed by atoms with Crippen LogP contribution in [0.5, 0.6) is 0 Å². The van der Waals surface area contributed by atoms with E-state index in [1.54, 1.807) is 20.8 Å². The third kappa shape index (κ3) is 10.2. The van der Waals surface area contributed by atoms with Crippen molar-refractivity contribution in [3.63, 3.8) is 0 Å². The number of benzene rings is 1. The van der Waals surface area contributed by atoms with Crippen LogP contribution in [0, 0.1) is 5.92 Å². The average Bonchev–Trinajstić information content (AvgIpc) is 2.80. The van der Waals surface area contributed by atoms with Crippen molar-refractivity contribution in [3.05, 3.63) is 35.9 Å². The SMILES string of the molecule is COC(=O)[C@H](CC(C)C)NC(=O)[C@H]1O[C@H](CNC(=O)OC(C)(C)C)CC[C@@H]1OCc1ccccc1. The molecule has 1 aromatic carbocycles. The minimum atomic E-state index is -0.947. The molecule has 0 aromatic heterocycles. The van der Waals surface area contributed by atoms with Crippen LogP contribution in [-0.2, 0) is 35.1 Å². The summed E-state index contributed by atoms with van der Waals surface area (Å²) < 4.78 is 22.3. The quantitative estimate of drug-likeness (QED) is 0.482. The van der Waals surface area contributed by atoms with Gasteiger partial charge in [-0.3, -0.25) is 4.79 Å². The summed E-state index contributed by atoms with van der Waals surface area (Å²) in [6.07, 6.45) is -0.833. The van der Waals surface area contributed by atoms with E-state index >= 15 is 0 Å². The van der Waals surface area contributed by atoms with Gasteiger partial charge in [0.15, 0.2) is 6.10 Å². The number of hydrogen-bond acceptors (Lipinski definition) is 7. The summed E-state index contributed by atoms with van der Waals surface area (Å²) in [5.74, 6) is -0.781. The second-order valence-corrected chi connectivity index (χ2v) is 10.2. The fraction of sp³-hybridized carbons (Fsp3) is 0.654. The van der Waals surface area contributed by atoms with Gasteiger partial charge in [0.2, 0.25) is 0 Å². The van der Waals surface area contributed by atoms with E-state index in [2.05, 4.69) is 10.6 Å². The summed E-state index contributed by atoms with van der Waals surface area (Å²) in [6, 6.07) is 8.88. The number of amides is 2. The number of ether oxygens (including phenoxy) is 4. The lowest BCUT2D eigenvalue weighted by Crippen LogP contribution is -2.55. The van der Waals surface area contributed by atoms with Crippen molar-refractivity contribution in [1.82, 2.24) is 10.6 Å². The van der Waals surface area contributed by atoms with Gasteiger partial charge >= 0.3 is 12.1 Å². The standard InChI is InChI=1S/C26H40N2O7/c1-17(2)14-20(24(30)32-6)28-23(29)22-21(33-16-18-10-8-7-9-11-18)13-12-19(34-22)15-27-25(31)35-26(3,4)5/h7-11,17,19-22H,12-16H2,1-6H3,(H,27,31)(H,28,29)/t19-,20-,21-,22-/m0/s1. The molecular formula is C26H40N2O7. The molecule has 2 N–H and O–H groups in total. The lowest BCUT2D eigenvalue weighted by molar-refractivity contribution is -0.169. The first-order valence-corrected chi connectivity index (χ1v) is 12.1. The largest absolute Gasteiger partial charge is 0.467 e. The van der Waals surface area contributed by atoms with Gasteiger partial charge in [-0.15, -0.1) is 0 Å². The van der Waals surface area contributed by atoms with Gasteiger partial charge < -0.3 is 29.6 Å². The Balaban J connectivity index is 2.08. The Morgan fingerprint density at radius 1 is 1.11 bits per heavy atom. The van der Waals surface area contributed by atoms with Gasteiger partial charge in [-0.05, 0) is 51.5 Å². The Bertz CT molecular complexity index is 823. The number of alkyl carbamates (subject to hydrolysis) is 1. The number of carbonyl (C=O) groups is 3. The number of hydrogen-bond donors (Lipinski definition) is 2. The van der Waals surface area contributed by atoms with E-state index in [4.69, 9.17) is 18.9 Å². The Hall–Kier alpha value is -2.65. The number of rotatable bonds is 10. The zero-order valence-corrected chi connectivity index (χ0v) is 21.7. The van der Waals surface area contributed by atoms with Crippen LogP contribution in [0.3, 0.4) is 0 Å². The van der Waals surface area contributed by atoms with Gasteiger partial charge in [0.25, 0.3) is 5.91 Å². The molecule has 9 heteroatoms. The first-order chi connectivity index (χ1) is 16.5. The summed E-state index contributed by atoms with van der Waals surface area (Å²) >= 11 is 0. The van der Waals surface area contributed by atoms with Crippen LogP contribution in [0.2, 0.25) is 0 Å². The minimum absolute atomic E-state index is 0.169. The fourth-order valence-electron chi connectivity index (χ4n) is 3.79. The van der Waals surface area contributed by atoms with E-state index in [9.17, 15) is 14.4 Å². The molecule has 9 nitrogen and oxygen atoms in total. The van der Waals surface area contributed by atoms with E-state index in [1.165, 1.54) is 7.11 Å². The molecule has 35 heavy (non-hydrogen) atoms. The molecule has 1 fully saturated rings. The van der Waals surface area contributed by atoms with E-state index < -0.39 is 47.9 Å². The molecule has 1 aliphatic rings. The van der Waals surface area contributed by atoms with Crippen molar-refractivity contribution < 1.29 is 33.3 Å². The van der Waals surface area contributed by atoms with Gasteiger partial charge in [-0.2, -0.15) is 0 Å². The molecule has 0 bridgehead atoms. The first kappa shape index (κ1) is 28.6. The van der Waals surface area contributed by atoms with Gasteiger partial charge in [0.1, 0.15) is 11.6 Å². The van der Waals surface area contributed by atoms with Gasteiger partial charge in [0.05, 0.1) is 25.9 Å². The minimum Gasteiger partial charge on any atom is -0.467 e. The Labute approximate surface area is 208 Å². The number of methoxy groups -OCH3 is 1. The van der Waals surface area contributed by atoms with E-state index in [1.807, 2.05) is 44.2 Å². The molecule has 1 aliphatic heterocycles. The maximum atomic E-state index is 13.3. The van der Waals surface area contributed by atoms with Crippen molar-refractivity contribution in [2.45, 2.75) is 90.4 Å². The lowest BCUT2D eigenvalue weighted by atomic mass is 9.98. The third-order valence-corrected chi connectivity index (χ3v) is 5.40. The monoisotopic (exact) mass is 492 g/mol. The molecule has 1 aromatic rings. The first-order valence-electron chi connectivity index (χ1n) is 12.1. The van der Waals surface area contributed by atoms with E-state index in [-0.39, 0.29) is 12.5 Å². The van der Waals surface area contributed by atoms with Crippen LogP contribution in [0.4, 0.5) is 4.79 Å². The smallest absolute Gasteiger partial charge is 0.407 e. The van der Waals surface area contributed by atoms with Gasteiger partial charge in [-0.25, -0.2) is 9.59 Å². The Morgan fingerprint density at radius 3 is 2.40 bits per heavy atom. The maximum Gasteiger partial charge on any atom is 0.407 e. The van der Waals surface area contributed by atoms with Crippen LogP contribution >= 0.6 is 0 Å². The molecule has 1 heterocycles. The predicted octanol–water partition coefficient (Wildman–Crippen LogP) is 3.35. The topological polar surface area (TPSA) is 112 Å². The fourth-order valence-corrected chi connectivity index (χ4v) is 3.79. The number of carbonyl (C=O) groups excluding carboxylic acids is 3. The second kappa shape index (κ2) is 13.4. The van der Waals surface area contributed by atoms with Crippen molar-refractivity contribution in [3.8, 4) is 0 Å². The highest BCUT2D eigenvalue weighted by Gasteiger charge is 2.39. The Morgan fingerprint density at radius 2 is 1.80 bits per heavy atom. The number of esters is 1. The van der Waals surface area contributed by atoms with Crippen LogP contribution in [0.15, 0.2) is 30.3 Å². The molecule has 0 aliphatic carbocycles. The van der Waals surface area contributed by atoms with Crippen molar-refractivity contribution >= 4 is 18.0 Å². The van der Waals surface area contributed by atoms with Gasteiger partial charge in [-0.1, -0.05) is 44.2 Å². The van der Waals surface area contributed by atoms with Crippen LogP contribution in [0.1, 0.15) is 59.4 Å². The van der Waals surface area contributed by atoms with Crippen molar-refractivity contribution in [2.75, 3.05) is 13.7 Å². The highest BCUT2D eigenvalue weighted by molar-refractivity contribution is 5.87. The Kier molecular flexibility index (Phi) is 11.0. The molecule has 2 amide bonds. The highest BCUT2D eigenvalue weighted by Crippen LogP contribution is 2.24. The zero-order valence-electron chi connectivity index (χ0n) is 21.7. The molecule has 0 spiro atoms. The lowest BCUT2D eigenvalue weighted by Gasteiger charge is -2.36. The third-order valence-electron chi connectivity index (χ3n) is 5.40. The maximum absolute atomic E-state index is 13.3. The molecule has 4 atom stereocenters. The van der Waals surface area contributed by atoms with Crippen molar-refractivity contribution in [2.24, 2.45) is 5.92 Å². The summed E-state index contributed by atoms with van der Waals surface area (Å²) in [4.78, 5) is 37.6. The van der Waals surface area contributed by atoms with Crippen LogP contribution in [-0.4, -0.2) is 61.6 Å². The second-order valence-electron chi connectivity index (χ2n) is 10.2. The summed E-state index contributed by atoms with van der Waals surface area (Å²) in [6.45, 7) is 9.80. The highest BCUT2D eigenvalue weighted by atomic mass is 16.6. The van der Waals surface area contributed by atoms with Crippen molar-refractivity contribution in [1.29, 1.82) is 0 Å². The van der Waals surface area contributed by atoms with E-state index in [0.717, 1.165) is 5.56 Å². The normalized spacial score (nSPS) is 21.2. The predicted molar refractivity (Wildman–Crippen MR) is 131 cm³/mol. The summed E-state index contributed by atoms with van der Waals surface area (Å²) in [7, 11) is 1.29. The van der Waals surface area contributed by atoms with E-state index in [0.29, 0.717) is 25.9 Å². The molecule has 0 radical (unpaired) electrons. The molecule has 196 valence electrons. The molecule has 0 saturated carbocycles. The average molecular weight is 493 g/mol. The molecule has 0 unspecified atom stereocenters. The molecule has 2 rings (SSSR count). The summed E-state index contributed by atoms with van der Waals surface area (Å²) in [5.41, 5.74) is 0.364. The molecular weight excluding hydrogens is 452 g/mol. The van der Waals surface area contributed by atoms with Crippen LogP contribution < -0.4 is 10.6 Å². The molecule has 1 saturated heterocycles. The number of nitrogens with one attached hydrogen (secondary N) is 2. The zero-order chi connectivity index (χ0) is 26.0. The van der Waals surface area contributed by atoms with Gasteiger partial charge in [0, 0.05) is 6.54 Å².